The van der Waals surface area contributed by atoms with E-state index < -0.39 is 11.3 Å². The Balaban J connectivity index is 1.52. The van der Waals surface area contributed by atoms with Gasteiger partial charge in [-0.05, 0) is 46.4 Å². The third-order valence-electron chi connectivity index (χ3n) is 5.27. The fourth-order valence-electron chi connectivity index (χ4n) is 3.62. The van der Waals surface area contributed by atoms with Crippen molar-refractivity contribution >= 4 is 33.9 Å². The highest BCUT2D eigenvalue weighted by atomic mass is 127. The third kappa shape index (κ3) is 3.95. The molecule has 0 radical (unpaired) electrons. The summed E-state index contributed by atoms with van der Waals surface area (Å²) >= 11 is 2.12. The first kappa shape index (κ1) is 20.9. The van der Waals surface area contributed by atoms with Gasteiger partial charge in [-0.2, -0.15) is 0 Å². The highest BCUT2D eigenvalue weighted by Crippen LogP contribution is 2.28. The first-order valence-electron chi connectivity index (χ1n) is 9.96. The average Bonchev–Trinajstić information content (AvgIpc) is 3.26. The largest absolute Gasteiger partial charge is 0.501 e. The number of pyridine rings is 1. The van der Waals surface area contributed by atoms with Crippen LogP contribution in [0.2, 0.25) is 0 Å². The van der Waals surface area contributed by atoms with Crippen LogP contribution in [0.5, 0.6) is 5.75 Å². The van der Waals surface area contributed by atoms with Crippen molar-refractivity contribution in [3.63, 3.8) is 0 Å². The lowest BCUT2D eigenvalue weighted by Crippen LogP contribution is -2.36. The van der Waals surface area contributed by atoms with Gasteiger partial charge in [0.15, 0.2) is 11.3 Å². The van der Waals surface area contributed by atoms with E-state index in [9.17, 15) is 14.3 Å². The number of rotatable bonds is 4. The number of hydrogen-bond acceptors (Lipinski definition) is 7. The maximum atomic E-state index is 13.1. The van der Waals surface area contributed by atoms with Crippen molar-refractivity contribution in [1.82, 2.24) is 14.4 Å². The van der Waals surface area contributed by atoms with Crippen LogP contribution in [0.4, 0.5) is 10.1 Å². The molecule has 4 heterocycles. The van der Waals surface area contributed by atoms with Crippen molar-refractivity contribution in [1.29, 1.82) is 0 Å². The summed E-state index contributed by atoms with van der Waals surface area (Å²) in [5.41, 5.74) is 1.49. The average molecular weight is 548 g/mol. The smallest absolute Gasteiger partial charge is 0.300 e. The van der Waals surface area contributed by atoms with E-state index in [0.717, 1.165) is 27.9 Å². The number of halogens is 2. The molecule has 1 aromatic carbocycles. The molecule has 0 aliphatic carbocycles. The van der Waals surface area contributed by atoms with Crippen molar-refractivity contribution in [2.24, 2.45) is 0 Å². The summed E-state index contributed by atoms with van der Waals surface area (Å²) in [6.45, 7) is 2.69. The molecule has 4 aromatic rings. The summed E-state index contributed by atoms with van der Waals surface area (Å²) < 4.78 is 26.3. The zero-order valence-electron chi connectivity index (χ0n) is 16.8. The number of aromatic nitrogens is 3. The van der Waals surface area contributed by atoms with Gasteiger partial charge in [0.1, 0.15) is 11.6 Å². The van der Waals surface area contributed by atoms with Gasteiger partial charge >= 0.3 is 5.56 Å². The number of morpholine rings is 1. The van der Waals surface area contributed by atoms with E-state index in [1.807, 2.05) is 6.07 Å². The van der Waals surface area contributed by atoms with Gasteiger partial charge in [0.25, 0.3) is 0 Å². The number of oxazole rings is 1. The second-order valence-electron chi connectivity index (χ2n) is 7.39. The van der Waals surface area contributed by atoms with Gasteiger partial charge in [-0.3, -0.25) is 9.20 Å². The molecule has 1 aliphatic heterocycles. The molecule has 1 saturated heterocycles. The first-order chi connectivity index (χ1) is 15.5. The van der Waals surface area contributed by atoms with Crippen molar-refractivity contribution in [2.45, 2.75) is 6.42 Å². The van der Waals surface area contributed by atoms with Crippen LogP contribution in [0.3, 0.4) is 0 Å². The SMILES string of the molecule is O=c1c(O)c(-c2ncc(Cc3ccc(F)cc3)o2)nc2c(I)cc(N3CCOCC3)cn12. The van der Waals surface area contributed by atoms with Crippen LogP contribution >= 0.6 is 22.6 Å². The Labute approximate surface area is 195 Å². The van der Waals surface area contributed by atoms with E-state index in [-0.39, 0.29) is 17.4 Å². The molecule has 1 fully saturated rings. The molecule has 1 aliphatic rings. The quantitative estimate of drug-likeness (QED) is 0.392. The number of nitrogens with zero attached hydrogens (tertiary/aromatic N) is 4. The molecule has 1 N–H and O–H groups in total. The molecule has 10 heteroatoms. The van der Waals surface area contributed by atoms with E-state index in [1.54, 1.807) is 18.3 Å². The van der Waals surface area contributed by atoms with Gasteiger partial charge in [0.05, 0.1) is 28.7 Å². The number of hydrogen-bond donors (Lipinski definition) is 1. The van der Waals surface area contributed by atoms with Gasteiger partial charge in [-0.25, -0.2) is 14.4 Å². The third-order valence-corrected chi connectivity index (χ3v) is 6.06. The Morgan fingerprint density at radius 3 is 2.69 bits per heavy atom. The van der Waals surface area contributed by atoms with Crippen LogP contribution < -0.4 is 10.5 Å². The summed E-state index contributed by atoms with van der Waals surface area (Å²) in [7, 11) is 0. The summed E-state index contributed by atoms with van der Waals surface area (Å²) in [6, 6.07) is 8.01. The number of fused-ring (bicyclic) bond motifs is 1. The zero-order chi connectivity index (χ0) is 22.2. The van der Waals surface area contributed by atoms with Crippen LogP contribution in [0.1, 0.15) is 11.3 Å². The molecule has 5 rings (SSSR count). The van der Waals surface area contributed by atoms with Crippen LogP contribution in [0.25, 0.3) is 17.2 Å². The van der Waals surface area contributed by atoms with Gasteiger partial charge < -0.3 is 19.2 Å². The second-order valence-corrected chi connectivity index (χ2v) is 8.55. The molecule has 0 spiro atoms. The molecule has 0 unspecified atom stereocenters. The molecule has 164 valence electrons. The standard InChI is InChI=1S/C22H18FIN4O4/c23-14-3-1-13(2-4-14)9-16-11-25-21(32-16)18-19(29)22(30)28-12-15(10-17(24)20(28)26-18)27-5-7-31-8-6-27/h1-4,10-12,29H,5-9H2. The number of ether oxygens (including phenoxy) is 1. The molecule has 0 bridgehead atoms. The van der Waals surface area contributed by atoms with Gasteiger partial charge in [0.2, 0.25) is 11.6 Å². The molecule has 3 aromatic heterocycles. The minimum atomic E-state index is -0.601. The Hall–Kier alpha value is -2.99. The van der Waals surface area contributed by atoms with Crippen LogP contribution in [-0.4, -0.2) is 45.8 Å². The van der Waals surface area contributed by atoms with Gasteiger partial charge in [0, 0.05) is 25.7 Å². The van der Waals surface area contributed by atoms with E-state index in [1.165, 1.54) is 22.7 Å². The summed E-state index contributed by atoms with van der Waals surface area (Å²) in [6.07, 6.45) is 3.58. The molecule has 0 amide bonds. The monoisotopic (exact) mass is 548 g/mol. The Bertz CT molecular complexity index is 1350. The van der Waals surface area contributed by atoms with Crippen molar-refractivity contribution in [2.75, 3.05) is 31.2 Å². The Morgan fingerprint density at radius 1 is 1.19 bits per heavy atom. The van der Waals surface area contributed by atoms with E-state index in [0.29, 0.717) is 31.0 Å². The van der Waals surface area contributed by atoms with Crippen LogP contribution in [-0.2, 0) is 11.2 Å². The number of aromatic hydroxyl groups is 1. The molecular formula is C22H18FIN4O4. The van der Waals surface area contributed by atoms with Crippen LogP contribution in [0.15, 0.2) is 51.9 Å². The zero-order valence-corrected chi connectivity index (χ0v) is 19.0. The lowest BCUT2D eigenvalue weighted by Gasteiger charge is -2.29. The topological polar surface area (TPSA) is 93.1 Å². The fourth-order valence-corrected chi connectivity index (χ4v) is 4.32. The maximum absolute atomic E-state index is 13.1. The lowest BCUT2D eigenvalue weighted by molar-refractivity contribution is 0.122. The summed E-state index contributed by atoms with van der Waals surface area (Å²) in [5.74, 6) is -0.297. The molecule has 32 heavy (non-hydrogen) atoms. The normalized spacial score (nSPS) is 14.2. The second kappa shape index (κ2) is 8.51. The summed E-state index contributed by atoms with van der Waals surface area (Å²) in [5, 5.41) is 10.6. The predicted octanol–water partition coefficient (Wildman–Crippen LogP) is 3.23. The van der Waals surface area contributed by atoms with E-state index in [4.69, 9.17) is 9.15 Å². The first-order valence-corrected chi connectivity index (χ1v) is 11.0. The predicted molar refractivity (Wildman–Crippen MR) is 124 cm³/mol. The van der Waals surface area contributed by atoms with Gasteiger partial charge in [-0.1, -0.05) is 12.1 Å². The minimum Gasteiger partial charge on any atom is -0.501 e. The van der Waals surface area contributed by atoms with E-state index in [2.05, 4.69) is 37.5 Å². The molecule has 0 saturated carbocycles. The van der Waals surface area contributed by atoms with Crippen LogP contribution in [0, 0.1) is 9.39 Å². The van der Waals surface area contributed by atoms with E-state index >= 15 is 0 Å². The van der Waals surface area contributed by atoms with Gasteiger partial charge in [-0.15, -0.1) is 0 Å². The lowest BCUT2D eigenvalue weighted by atomic mass is 10.1. The Kier molecular flexibility index (Phi) is 5.55. The molecule has 0 atom stereocenters. The molecule has 8 nitrogen and oxygen atoms in total. The van der Waals surface area contributed by atoms with Crippen molar-refractivity contribution in [3.8, 4) is 17.3 Å². The molecular weight excluding hydrogens is 530 g/mol. The summed E-state index contributed by atoms with van der Waals surface area (Å²) in [4.78, 5) is 23.8. The minimum absolute atomic E-state index is 0.0163. The number of anilines is 1. The van der Waals surface area contributed by atoms with Crippen molar-refractivity contribution < 1.29 is 18.7 Å². The Morgan fingerprint density at radius 2 is 1.94 bits per heavy atom. The maximum Gasteiger partial charge on any atom is 0.300 e. The number of benzene rings is 1. The highest BCUT2D eigenvalue weighted by Gasteiger charge is 2.21. The highest BCUT2D eigenvalue weighted by molar-refractivity contribution is 14.1. The fraction of sp³-hybridized carbons (Fsp3) is 0.227. The van der Waals surface area contributed by atoms with Crippen molar-refractivity contribution in [3.05, 3.63) is 73.8 Å².